The molecule has 0 saturated carbocycles. The molecule has 0 unspecified atom stereocenters. The van der Waals surface area contributed by atoms with Crippen LogP contribution < -0.4 is 11.1 Å². The summed E-state index contributed by atoms with van der Waals surface area (Å²) in [7, 11) is 0. The Bertz CT molecular complexity index is 919. The van der Waals surface area contributed by atoms with Gasteiger partial charge in [0, 0.05) is 17.8 Å². The number of carbonyl (C=O) groups is 3. The van der Waals surface area contributed by atoms with Crippen LogP contribution in [0.3, 0.4) is 0 Å². The number of halogens is 1. The van der Waals surface area contributed by atoms with Crippen molar-refractivity contribution in [3.8, 4) is 0 Å². The van der Waals surface area contributed by atoms with E-state index >= 15 is 0 Å². The molecule has 0 radical (unpaired) electrons. The van der Waals surface area contributed by atoms with E-state index in [1.165, 1.54) is 23.4 Å². The molecular weight excluding hydrogens is 404 g/mol. The minimum atomic E-state index is -0.809. The van der Waals surface area contributed by atoms with Crippen LogP contribution >= 0.6 is 11.6 Å². The highest BCUT2D eigenvalue weighted by Crippen LogP contribution is 2.27. The molecule has 1 aliphatic heterocycles. The SMILES string of the molecule is C=C(/C=C\C(Cl)=C(C)C)[C@@H]1CC[C@@H](C)CN1C(=O)C(=O)Nc1cncc(C(N)=O)c1. The van der Waals surface area contributed by atoms with Gasteiger partial charge in [0.05, 0.1) is 23.5 Å². The Morgan fingerprint density at radius 3 is 2.60 bits per heavy atom. The lowest BCUT2D eigenvalue weighted by atomic mass is 9.90. The van der Waals surface area contributed by atoms with Crippen molar-refractivity contribution in [2.24, 2.45) is 11.7 Å². The zero-order valence-corrected chi connectivity index (χ0v) is 18.2. The Balaban J connectivity index is 2.18. The van der Waals surface area contributed by atoms with Crippen LogP contribution in [-0.2, 0) is 9.59 Å². The molecule has 0 aliphatic carbocycles. The average Bonchev–Trinajstić information content (AvgIpc) is 2.71. The first-order valence-electron chi connectivity index (χ1n) is 9.66. The maximum Gasteiger partial charge on any atom is 0.313 e. The highest BCUT2D eigenvalue weighted by Gasteiger charge is 2.34. The fourth-order valence-corrected chi connectivity index (χ4v) is 3.24. The van der Waals surface area contributed by atoms with E-state index in [1.807, 2.05) is 20.8 Å². The predicted octanol–water partition coefficient (Wildman–Crippen LogP) is 3.39. The van der Waals surface area contributed by atoms with E-state index < -0.39 is 17.7 Å². The van der Waals surface area contributed by atoms with Crippen LogP contribution in [0.4, 0.5) is 5.69 Å². The van der Waals surface area contributed by atoms with E-state index in [2.05, 4.69) is 16.9 Å². The third-order valence-electron chi connectivity index (χ3n) is 4.90. The summed E-state index contributed by atoms with van der Waals surface area (Å²) in [4.78, 5) is 42.2. The Hall–Kier alpha value is -2.93. The molecule has 2 atom stereocenters. The lowest BCUT2D eigenvalue weighted by molar-refractivity contribution is -0.145. The number of hydrogen-bond acceptors (Lipinski definition) is 4. The van der Waals surface area contributed by atoms with E-state index in [0.29, 0.717) is 23.6 Å². The van der Waals surface area contributed by atoms with Crippen LogP contribution in [0.15, 0.2) is 53.4 Å². The van der Waals surface area contributed by atoms with Gasteiger partial charge >= 0.3 is 11.8 Å². The number of carbonyl (C=O) groups excluding carboxylic acids is 3. The summed E-state index contributed by atoms with van der Waals surface area (Å²) >= 11 is 6.16. The van der Waals surface area contributed by atoms with Gasteiger partial charge in [-0.15, -0.1) is 0 Å². The highest BCUT2D eigenvalue weighted by atomic mass is 35.5. The van der Waals surface area contributed by atoms with Gasteiger partial charge in [-0.25, -0.2) is 0 Å². The number of pyridine rings is 1. The smallest absolute Gasteiger partial charge is 0.313 e. The summed E-state index contributed by atoms with van der Waals surface area (Å²) in [6, 6.07) is 1.08. The number of hydrogen-bond donors (Lipinski definition) is 2. The quantitative estimate of drug-likeness (QED) is 0.551. The third-order valence-corrected chi connectivity index (χ3v) is 5.41. The second-order valence-electron chi connectivity index (χ2n) is 7.69. The van der Waals surface area contributed by atoms with Gasteiger partial charge in [-0.1, -0.05) is 36.8 Å². The standard InChI is InChI=1S/C22H27ClN4O3/c1-13(2)18(23)7-6-15(4)19-8-5-14(3)12-27(19)22(30)21(29)26-17-9-16(20(24)28)10-25-11-17/h6-7,9-11,14,19H,4-5,8,12H2,1-3H3,(H2,24,28)(H,26,29)/b7-6-/t14-,19+/m1/s1. The number of amides is 3. The average molecular weight is 431 g/mol. The van der Waals surface area contributed by atoms with Crippen molar-refractivity contribution in [1.82, 2.24) is 9.88 Å². The van der Waals surface area contributed by atoms with E-state index in [-0.39, 0.29) is 23.2 Å². The Kier molecular flexibility index (Phi) is 7.94. The van der Waals surface area contributed by atoms with Gasteiger partial charge in [-0.3, -0.25) is 19.4 Å². The van der Waals surface area contributed by atoms with E-state index in [1.54, 1.807) is 12.2 Å². The third kappa shape index (κ3) is 6.03. The number of nitrogens with zero attached hydrogens (tertiary/aromatic N) is 2. The topological polar surface area (TPSA) is 105 Å². The number of likely N-dealkylation sites (tertiary alicyclic amines) is 1. The highest BCUT2D eigenvalue weighted by molar-refractivity contribution is 6.39. The molecule has 1 aliphatic rings. The number of piperidine rings is 1. The molecule has 30 heavy (non-hydrogen) atoms. The van der Waals surface area contributed by atoms with Crippen molar-refractivity contribution in [3.63, 3.8) is 0 Å². The van der Waals surface area contributed by atoms with Crippen LogP contribution in [0.25, 0.3) is 0 Å². The van der Waals surface area contributed by atoms with Crippen molar-refractivity contribution < 1.29 is 14.4 Å². The molecule has 7 nitrogen and oxygen atoms in total. The first kappa shape index (κ1) is 23.3. The van der Waals surface area contributed by atoms with Crippen LogP contribution in [0.1, 0.15) is 44.0 Å². The van der Waals surface area contributed by atoms with E-state index in [4.69, 9.17) is 17.3 Å². The largest absolute Gasteiger partial charge is 0.366 e. The van der Waals surface area contributed by atoms with Gasteiger partial charge in [-0.2, -0.15) is 0 Å². The zero-order valence-electron chi connectivity index (χ0n) is 17.4. The van der Waals surface area contributed by atoms with Gasteiger partial charge in [-0.05, 0) is 50.3 Å². The summed E-state index contributed by atoms with van der Waals surface area (Å²) in [5, 5.41) is 3.11. The maximum atomic E-state index is 12.9. The molecule has 0 spiro atoms. The number of nitrogens with one attached hydrogen (secondary N) is 1. The van der Waals surface area contributed by atoms with Crippen molar-refractivity contribution in [3.05, 3.63) is 58.9 Å². The molecule has 1 aromatic heterocycles. The molecule has 1 aromatic rings. The van der Waals surface area contributed by atoms with Crippen LogP contribution in [0.2, 0.25) is 0 Å². The number of rotatable bonds is 5. The molecule has 2 heterocycles. The molecule has 0 aromatic carbocycles. The summed E-state index contributed by atoms with van der Waals surface area (Å²) in [5.74, 6) is -1.89. The molecular formula is C22H27ClN4O3. The first-order chi connectivity index (χ1) is 14.1. The van der Waals surface area contributed by atoms with Crippen molar-refractivity contribution in [2.75, 3.05) is 11.9 Å². The molecule has 1 saturated heterocycles. The summed E-state index contributed by atoms with van der Waals surface area (Å²) in [6.45, 7) is 10.4. The van der Waals surface area contributed by atoms with Crippen molar-refractivity contribution >= 4 is 35.0 Å². The monoisotopic (exact) mass is 430 g/mol. The number of anilines is 1. The number of allylic oxidation sites excluding steroid dienone is 3. The molecule has 1 fully saturated rings. The lowest BCUT2D eigenvalue weighted by Gasteiger charge is -2.38. The zero-order chi connectivity index (χ0) is 22.4. The van der Waals surface area contributed by atoms with Gasteiger partial charge in [0.25, 0.3) is 0 Å². The van der Waals surface area contributed by atoms with E-state index in [0.717, 1.165) is 12.0 Å². The van der Waals surface area contributed by atoms with Crippen LogP contribution in [0.5, 0.6) is 0 Å². The van der Waals surface area contributed by atoms with Crippen molar-refractivity contribution in [2.45, 2.75) is 39.7 Å². The van der Waals surface area contributed by atoms with Gasteiger partial charge in [0.15, 0.2) is 0 Å². The van der Waals surface area contributed by atoms with Crippen molar-refractivity contribution in [1.29, 1.82) is 0 Å². The Morgan fingerprint density at radius 1 is 1.27 bits per heavy atom. The molecule has 8 heteroatoms. The predicted molar refractivity (Wildman–Crippen MR) is 118 cm³/mol. The fourth-order valence-electron chi connectivity index (χ4n) is 3.18. The molecule has 2 rings (SSSR count). The number of aromatic nitrogens is 1. The summed E-state index contributed by atoms with van der Waals surface area (Å²) in [6.07, 6.45) is 7.79. The molecule has 0 bridgehead atoms. The molecule has 3 N–H and O–H groups in total. The number of nitrogens with two attached hydrogens (primary N) is 1. The second-order valence-corrected chi connectivity index (χ2v) is 8.10. The molecule has 160 valence electrons. The number of primary amides is 1. The van der Waals surface area contributed by atoms with Gasteiger partial charge in [0.1, 0.15) is 0 Å². The van der Waals surface area contributed by atoms with Crippen LogP contribution in [0, 0.1) is 5.92 Å². The van der Waals surface area contributed by atoms with E-state index in [9.17, 15) is 14.4 Å². The van der Waals surface area contributed by atoms with Gasteiger partial charge in [0.2, 0.25) is 5.91 Å². The Morgan fingerprint density at radius 2 is 1.97 bits per heavy atom. The minimum absolute atomic E-state index is 0.138. The fraction of sp³-hybridized carbons (Fsp3) is 0.364. The second kappa shape index (κ2) is 10.2. The molecule has 3 amide bonds. The van der Waals surface area contributed by atoms with Gasteiger partial charge < -0.3 is 16.0 Å². The summed E-state index contributed by atoms with van der Waals surface area (Å²) in [5.41, 5.74) is 7.27. The minimum Gasteiger partial charge on any atom is -0.366 e. The Labute approximate surface area is 181 Å². The normalized spacial score (nSPS) is 18.7. The first-order valence-corrected chi connectivity index (χ1v) is 10.0. The maximum absolute atomic E-state index is 12.9. The lowest BCUT2D eigenvalue weighted by Crippen LogP contribution is -2.50. The summed E-state index contributed by atoms with van der Waals surface area (Å²) < 4.78 is 0. The van der Waals surface area contributed by atoms with Crippen LogP contribution in [-0.4, -0.2) is 40.2 Å².